The molecule has 18 heavy (non-hydrogen) atoms. The Morgan fingerprint density at radius 1 is 1.39 bits per heavy atom. The number of nitrogens with zero attached hydrogens (tertiary/aromatic N) is 1. The Bertz CT molecular complexity index is 373. The van der Waals surface area contributed by atoms with E-state index in [1.54, 1.807) is 0 Å². The van der Waals surface area contributed by atoms with E-state index in [0.717, 1.165) is 5.02 Å². The van der Waals surface area contributed by atoms with Gasteiger partial charge in [-0.1, -0.05) is 30.7 Å². The van der Waals surface area contributed by atoms with Crippen LogP contribution in [0, 0.1) is 0 Å². The largest absolute Gasteiger partial charge is 0.307 e. The predicted octanol–water partition coefficient (Wildman–Crippen LogP) is 3.47. The Morgan fingerprint density at radius 2 is 2.11 bits per heavy atom. The van der Waals surface area contributed by atoms with Crippen molar-refractivity contribution in [3.63, 3.8) is 0 Å². The molecule has 2 nitrogen and oxygen atoms in total. The zero-order chi connectivity index (χ0) is 13.0. The molecule has 1 saturated heterocycles. The average molecular weight is 267 g/mol. The van der Waals surface area contributed by atoms with Crippen molar-refractivity contribution >= 4 is 11.6 Å². The molecule has 1 fully saturated rings. The Morgan fingerprint density at radius 3 is 2.72 bits per heavy atom. The molecule has 2 rings (SSSR count). The number of hydrogen-bond donors (Lipinski definition) is 1. The van der Waals surface area contributed by atoms with Gasteiger partial charge in [0.05, 0.1) is 0 Å². The Labute approximate surface area is 115 Å². The number of halogens is 1. The Balaban J connectivity index is 1.86. The van der Waals surface area contributed by atoms with E-state index in [1.807, 2.05) is 12.1 Å². The van der Waals surface area contributed by atoms with Gasteiger partial charge in [0.15, 0.2) is 0 Å². The van der Waals surface area contributed by atoms with Crippen molar-refractivity contribution in [2.24, 2.45) is 0 Å². The van der Waals surface area contributed by atoms with Crippen LogP contribution < -0.4 is 5.32 Å². The standard InChI is InChI=1S/C15H23ClN2/c1-3-18-9-7-15(8-10-18)17-12(2)13-5-4-6-14(16)11-13/h4-6,11-12,15,17H,3,7-10H2,1-2H3/t12-/m1/s1. The number of benzene rings is 1. The van der Waals surface area contributed by atoms with Gasteiger partial charge in [-0.3, -0.25) is 0 Å². The first-order chi connectivity index (χ1) is 8.69. The summed E-state index contributed by atoms with van der Waals surface area (Å²) < 4.78 is 0. The highest BCUT2D eigenvalue weighted by atomic mass is 35.5. The van der Waals surface area contributed by atoms with Crippen molar-refractivity contribution in [1.29, 1.82) is 0 Å². The summed E-state index contributed by atoms with van der Waals surface area (Å²) in [7, 11) is 0. The van der Waals surface area contributed by atoms with E-state index in [1.165, 1.54) is 38.0 Å². The summed E-state index contributed by atoms with van der Waals surface area (Å²) in [5.74, 6) is 0. The second-order valence-corrected chi connectivity index (χ2v) is 5.59. The van der Waals surface area contributed by atoms with Gasteiger partial charge in [-0.2, -0.15) is 0 Å². The average Bonchev–Trinajstić information content (AvgIpc) is 2.39. The van der Waals surface area contributed by atoms with Gasteiger partial charge in [-0.15, -0.1) is 0 Å². The van der Waals surface area contributed by atoms with Crippen LogP contribution in [0.1, 0.15) is 38.3 Å². The summed E-state index contributed by atoms with van der Waals surface area (Å²) in [5, 5.41) is 4.54. The van der Waals surface area contributed by atoms with Crippen LogP contribution in [-0.4, -0.2) is 30.6 Å². The third-order valence-electron chi connectivity index (χ3n) is 3.87. The highest BCUT2D eigenvalue weighted by Crippen LogP contribution is 2.20. The number of rotatable bonds is 4. The minimum absolute atomic E-state index is 0.377. The number of nitrogens with one attached hydrogen (secondary N) is 1. The number of hydrogen-bond acceptors (Lipinski definition) is 2. The maximum atomic E-state index is 6.04. The van der Waals surface area contributed by atoms with E-state index >= 15 is 0 Å². The third kappa shape index (κ3) is 3.71. The van der Waals surface area contributed by atoms with Crippen molar-refractivity contribution in [1.82, 2.24) is 10.2 Å². The van der Waals surface area contributed by atoms with Gasteiger partial charge in [0.1, 0.15) is 0 Å². The molecule has 0 amide bonds. The van der Waals surface area contributed by atoms with Crippen molar-refractivity contribution in [2.45, 2.75) is 38.8 Å². The number of likely N-dealkylation sites (tertiary alicyclic amines) is 1. The van der Waals surface area contributed by atoms with Crippen molar-refractivity contribution in [3.8, 4) is 0 Å². The Hall–Kier alpha value is -0.570. The van der Waals surface area contributed by atoms with Gasteiger partial charge in [0, 0.05) is 17.1 Å². The molecule has 3 heteroatoms. The van der Waals surface area contributed by atoms with Gasteiger partial charge in [0.25, 0.3) is 0 Å². The molecule has 1 aromatic rings. The van der Waals surface area contributed by atoms with Gasteiger partial charge < -0.3 is 10.2 Å². The van der Waals surface area contributed by atoms with Crippen LogP contribution in [0.15, 0.2) is 24.3 Å². The fourth-order valence-electron chi connectivity index (χ4n) is 2.64. The molecular weight excluding hydrogens is 244 g/mol. The van der Waals surface area contributed by atoms with Crippen LogP contribution in [0.5, 0.6) is 0 Å². The van der Waals surface area contributed by atoms with Gasteiger partial charge in [-0.05, 0) is 57.1 Å². The first-order valence-electron chi connectivity index (χ1n) is 6.93. The van der Waals surface area contributed by atoms with Crippen LogP contribution in [0.3, 0.4) is 0 Å². The highest BCUT2D eigenvalue weighted by Gasteiger charge is 2.19. The number of piperidine rings is 1. The second-order valence-electron chi connectivity index (χ2n) is 5.15. The fraction of sp³-hybridized carbons (Fsp3) is 0.600. The summed E-state index contributed by atoms with van der Waals surface area (Å²) in [6.07, 6.45) is 2.50. The van der Waals surface area contributed by atoms with Crippen LogP contribution in [-0.2, 0) is 0 Å². The molecule has 1 aliphatic heterocycles. The molecule has 0 spiro atoms. The molecule has 1 aliphatic rings. The minimum atomic E-state index is 0.377. The first kappa shape index (κ1) is 13.9. The second kappa shape index (κ2) is 6.55. The first-order valence-corrected chi connectivity index (χ1v) is 7.30. The monoisotopic (exact) mass is 266 g/mol. The molecule has 0 radical (unpaired) electrons. The molecule has 1 heterocycles. The van der Waals surface area contributed by atoms with E-state index in [4.69, 9.17) is 11.6 Å². The molecule has 0 aromatic heterocycles. The van der Waals surface area contributed by atoms with Crippen molar-refractivity contribution in [2.75, 3.05) is 19.6 Å². The molecule has 0 aliphatic carbocycles. The maximum Gasteiger partial charge on any atom is 0.0409 e. The zero-order valence-corrected chi connectivity index (χ0v) is 12.1. The molecule has 1 atom stereocenters. The van der Waals surface area contributed by atoms with Crippen LogP contribution in [0.4, 0.5) is 0 Å². The van der Waals surface area contributed by atoms with Crippen LogP contribution in [0.2, 0.25) is 5.02 Å². The van der Waals surface area contributed by atoms with E-state index in [2.05, 4.69) is 36.2 Å². The molecule has 0 bridgehead atoms. The summed E-state index contributed by atoms with van der Waals surface area (Å²) in [6.45, 7) is 8.07. The molecule has 0 saturated carbocycles. The molecule has 100 valence electrons. The summed E-state index contributed by atoms with van der Waals surface area (Å²) in [4.78, 5) is 2.52. The lowest BCUT2D eigenvalue weighted by Crippen LogP contribution is -2.43. The topological polar surface area (TPSA) is 15.3 Å². The van der Waals surface area contributed by atoms with Gasteiger partial charge >= 0.3 is 0 Å². The summed E-state index contributed by atoms with van der Waals surface area (Å²) in [5.41, 5.74) is 1.28. The quantitative estimate of drug-likeness (QED) is 0.898. The van der Waals surface area contributed by atoms with E-state index < -0.39 is 0 Å². The zero-order valence-electron chi connectivity index (χ0n) is 11.3. The van der Waals surface area contributed by atoms with E-state index in [9.17, 15) is 0 Å². The third-order valence-corrected chi connectivity index (χ3v) is 4.10. The van der Waals surface area contributed by atoms with Gasteiger partial charge in [0.2, 0.25) is 0 Å². The van der Waals surface area contributed by atoms with E-state index in [0.29, 0.717) is 12.1 Å². The molecule has 0 unspecified atom stereocenters. The highest BCUT2D eigenvalue weighted by molar-refractivity contribution is 6.30. The van der Waals surface area contributed by atoms with Crippen LogP contribution >= 0.6 is 11.6 Å². The molecule has 1 N–H and O–H groups in total. The molecule has 1 aromatic carbocycles. The lowest BCUT2D eigenvalue weighted by molar-refractivity contribution is 0.200. The van der Waals surface area contributed by atoms with Crippen molar-refractivity contribution in [3.05, 3.63) is 34.9 Å². The Kier molecular flexibility index (Phi) is 5.04. The smallest absolute Gasteiger partial charge is 0.0409 e. The lowest BCUT2D eigenvalue weighted by Gasteiger charge is -2.33. The summed E-state index contributed by atoms with van der Waals surface area (Å²) >= 11 is 6.04. The minimum Gasteiger partial charge on any atom is -0.307 e. The van der Waals surface area contributed by atoms with E-state index in [-0.39, 0.29) is 0 Å². The summed E-state index contributed by atoms with van der Waals surface area (Å²) in [6, 6.07) is 9.17. The van der Waals surface area contributed by atoms with Crippen LogP contribution in [0.25, 0.3) is 0 Å². The van der Waals surface area contributed by atoms with Gasteiger partial charge in [-0.25, -0.2) is 0 Å². The molecular formula is C15H23ClN2. The predicted molar refractivity (Wildman–Crippen MR) is 78.1 cm³/mol. The lowest BCUT2D eigenvalue weighted by atomic mass is 10.0. The SMILES string of the molecule is CCN1CCC(N[C@H](C)c2cccc(Cl)c2)CC1. The normalized spacial score (nSPS) is 19.9. The maximum absolute atomic E-state index is 6.04. The fourth-order valence-corrected chi connectivity index (χ4v) is 2.84. The van der Waals surface area contributed by atoms with Crippen molar-refractivity contribution < 1.29 is 0 Å².